The maximum atomic E-state index is 11.4. The summed E-state index contributed by atoms with van der Waals surface area (Å²) in [5.41, 5.74) is 0.861. The lowest BCUT2D eigenvalue weighted by Crippen LogP contribution is -2.43. The van der Waals surface area contributed by atoms with Gasteiger partial charge in [-0.1, -0.05) is 43.1 Å². The Morgan fingerprint density at radius 2 is 1.88 bits per heavy atom. The Balaban J connectivity index is 0.00000625. The number of halogens is 3. The molecule has 0 atom stereocenters. The van der Waals surface area contributed by atoms with Crippen LogP contribution in [0.5, 0.6) is 0 Å². The van der Waals surface area contributed by atoms with Crippen molar-refractivity contribution in [2.75, 3.05) is 32.6 Å². The summed E-state index contributed by atoms with van der Waals surface area (Å²) in [5.74, 6) is 0.915. The number of rotatable bonds is 7. The van der Waals surface area contributed by atoms with Gasteiger partial charge in [0, 0.05) is 33.4 Å². The fraction of sp³-hybridized carbons (Fsp3) is 0.588. The number of nitrogens with zero attached hydrogens (tertiary/aromatic N) is 2. The molecule has 1 N–H and O–H groups in total. The van der Waals surface area contributed by atoms with Crippen molar-refractivity contribution >= 4 is 63.0 Å². The van der Waals surface area contributed by atoms with Crippen LogP contribution in [0.1, 0.15) is 25.8 Å². The zero-order chi connectivity index (χ0) is 19.3. The fourth-order valence-electron chi connectivity index (χ4n) is 2.24. The molecule has 5 nitrogen and oxygen atoms in total. The number of benzene rings is 1. The van der Waals surface area contributed by atoms with Crippen molar-refractivity contribution < 1.29 is 8.42 Å². The average Bonchev–Trinajstić information content (AvgIpc) is 2.49. The van der Waals surface area contributed by atoms with E-state index in [0.717, 1.165) is 11.5 Å². The topological polar surface area (TPSA) is 61.8 Å². The van der Waals surface area contributed by atoms with Crippen LogP contribution >= 0.6 is 47.2 Å². The second-order valence-corrected chi connectivity index (χ2v) is 10.1. The van der Waals surface area contributed by atoms with Crippen molar-refractivity contribution in [3.63, 3.8) is 0 Å². The van der Waals surface area contributed by atoms with Crippen LogP contribution in [0.2, 0.25) is 10.0 Å². The summed E-state index contributed by atoms with van der Waals surface area (Å²) >= 11 is 12.0. The Kier molecular flexibility index (Phi) is 10.8. The van der Waals surface area contributed by atoms with Gasteiger partial charge >= 0.3 is 0 Å². The first-order valence-corrected chi connectivity index (χ1v) is 10.8. The molecule has 0 aromatic heterocycles. The van der Waals surface area contributed by atoms with Crippen molar-refractivity contribution in [1.29, 1.82) is 0 Å². The lowest BCUT2D eigenvalue weighted by molar-refractivity contribution is 0.340. The average molecular weight is 536 g/mol. The van der Waals surface area contributed by atoms with Crippen molar-refractivity contribution in [3.05, 3.63) is 33.8 Å². The van der Waals surface area contributed by atoms with E-state index >= 15 is 0 Å². The molecule has 0 radical (unpaired) electrons. The highest BCUT2D eigenvalue weighted by Crippen LogP contribution is 2.23. The second kappa shape index (κ2) is 10.9. The van der Waals surface area contributed by atoms with Gasteiger partial charge in [0.2, 0.25) is 0 Å². The molecule has 0 saturated heterocycles. The van der Waals surface area contributed by atoms with Crippen LogP contribution in [0.25, 0.3) is 0 Å². The summed E-state index contributed by atoms with van der Waals surface area (Å²) < 4.78 is 22.7. The van der Waals surface area contributed by atoms with Gasteiger partial charge < -0.3 is 10.2 Å². The van der Waals surface area contributed by atoms with E-state index in [2.05, 4.69) is 10.3 Å². The van der Waals surface area contributed by atoms with Crippen LogP contribution in [0.15, 0.2) is 23.2 Å². The molecular weight excluding hydrogens is 508 g/mol. The fourth-order valence-corrected chi connectivity index (χ4v) is 3.48. The van der Waals surface area contributed by atoms with Gasteiger partial charge in [-0.3, -0.25) is 4.99 Å². The molecule has 0 amide bonds. The summed E-state index contributed by atoms with van der Waals surface area (Å²) in [5, 5.41) is 4.37. The minimum atomic E-state index is -2.96. The molecule has 0 fully saturated rings. The first kappa shape index (κ1) is 25.8. The van der Waals surface area contributed by atoms with Crippen molar-refractivity contribution in [1.82, 2.24) is 10.2 Å². The quantitative estimate of drug-likeness (QED) is 0.324. The number of aliphatic imine (C=N–C) groups is 1. The van der Waals surface area contributed by atoms with E-state index in [0.29, 0.717) is 29.6 Å². The third-order valence-electron chi connectivity index (χ3n) is 3.85. The molecule has 0 saturated carbocycles. The van der Waals surface area contributed by atoms with E-state index in [1.165, 1.54) is 6.26 Å². The summed E-state index contributed by atoms with van der Waals surface area (Å²) in [7, 11) is 0.694. The number of sulfone groups is 1. The molecule has 1 rings (SSSR count). The zero-order valence-electron chi connectivity index (χ0n) is 15.8. The maximum absolute atomic E-state index is 11.4. The zero-order valence-corrected chi connectivity index (χ0v) is 20.5. The molecule has 0 heterocycles. The first-order chi connectivity index (χ1) is 11.4. The van der Waals surface area contributed by atoms with Crippen molar-refractivity contribution in [3.8, 4) is 0 Å². The number of hydrogen-bond donors (Lipinski definition) is 1. The van der Waals surface area contributed by atoms with E-state index in [-0.39, 0.29) is 35.1 Å². The molecule has 0 aliphatic rings. The molecule has 0 bridgehead atoms. The van der Waals surface area contributed by atoms with E-state index in [1.807, 2.05) is 37.9 Å². The van der Waals surface area contributed by atoms with E-state index in [9.17, 15) is 8.42 Å². The summed E-state index contributed by atoms with van der Waals surface area (Å²) in [6, 6.07) is 5.54. The van der Waals surface area contributed by atoms with E-state index < -0.39 is 9.84 Å². The van der Waals surface area contributed by atoms with Gasteiger partial charge in [0.1, 0.15) is 9.84 Å². The molecule has 9 heteroatoms. The summed E-state index contributed by atoms with van der Waals surface area (Å²) in [6.45, 7) is 5.33. The molecule has 1 aromatic rings. The molecule has 0 unspecified atom stereocenters. The highest BCUT2D eigenvalue weighted by atomic mass is 127. The SMILES string of the molecule is CN=C(NCC(C)(C)CCS(C)(=O)=O)N(C)Cc1ccc(Cl)c(Cl)c1.I. The Bertz CT molecular complexity index is 725. The normalized spacial score (nSPS) is 12.5. The molecule has 26 heavy (non-hydrogen) atoms. The van der Waals surface area contributed by atoms with Crippen LogP contribution in [-0.4, -0.2) is 51.9 Å². The van der Waals surface area contributed by atoms with Crippen LogP contribution in [0, 0.1) is 5.41 Å². The van der Waals surface area contributed by atoms with Crippen molar-refractivity contribution in [2.24, 2.45) is 10.4 Å². The smallest absolute Gasteiger partial charge is 0.193 e. The second-order valence-electron chi connectivity index (χ2n) is 7.05. The first-order valence-electron chi connectivity index (χ1n) is 7.97. The number of nitrogens with one attached hydrogen (secondary N) is 1. The highest BCUT2D eigenvalue weighted by Gasteiger charge is 2.21. The van der Waals surface area contributed by atoms with Gasteiger partial charge in [0.05, 0.1) is 15.8 Å². The molecule has 150 valence electrons. The number of guanidine groups is 1. The summed E-state index contributed by atoms with van der Waals surface area (Å²) in [6.07, 6.45) is 1.85. The number of hydrogen-bond acceptors (Lipinski definition) is 3. The minimum absolute atomic E-state index is 0. The van der Waals surface area contributed by atoms with Gasteiger partial charge in [-0.15, -0.1) is 24.0 Å². The van der Waals surface area contributed by atoms with Gasteiger partial charge in [-0.25, -0.2) is 8.42 Å². The van der Waals surface area contributed by atoms with Gasteiger partial charge in [0.15, 0.2) is 5.96 Å². The Hall–Kier alpha value is -0.250. The third kappa shape index (κ3) is 9.62. The Morgan fingerprint density at radius 1 is 1.27 bits per heavy atom. The van der Waals surface area contributed by atoms with E-state index in [4.69, 9.17) is 23.2 Å². The lowest BCUT2D eigenvalue weighted by atomic mass is 9.90. The molecule has 0 spiro atoms. The van der Waals surface area contributed by atoms with Crippen LogP contribution < -0.4 is 5.32 Å². The maximum Gasteiger partial charge on any atom is 0.193 e. The molecular formula is C17H28Cl2IN3O2S. The van der Waals surface area contributed by atoms with Gasteiger partial charge in [0.25, 0.3) is 0 Å². The molecule has 0 aliphatic heterocycles. The standard InChI is InChI=1S/C17H27Cl2N3O2S.HI/c1-17(2,8-9-25(5,23)24)12-21-16(20-3)22(4)11-13-6-7-14(18)15(19)10-13;/h6-7,10H,8-9,11-12H2,1-5H3,(H,20,21);1H. The predicted molar refractivity (Wildman–Crippen MR) is 123 cm³/mol. The predicted octanol–water partition coefficient (Wildman–Crippen LogP) is 4.08. The van der Waals surface area contributed by atoms with Gasteiger partial charge in [-0.2, -0.15) is 0 Å². The van der Waals surface area contributed by atoms with Crippen molar-refractivity contribution in [2.45, 2.75) is 26.8 Å². The van der Waals surface area contributed by atoms with Crippen LogP contribution in [0.4, 0.5) is 0 Å². The summed E-state index contributed by atoms with van der Waals surface area (Å²) in [4.78, 5) is 6.27. The third-order valence-corrected chi connectivity index (χ3v) is 5.54. The monoisotopic (exact) mass is 535 g/mol. The molecule has 1 aromatic carbocycles. The molecule has 0 aliphatic carbocycles. The minimum Gasteiger partial charge on any atom is -0.356 e. The van der Waals surface area contributed by atoms with Crippen LogP contribution in [0.3, 0.4) is 0 Å². The lowest BCUT2D eigenvalue weighted by Gasteiger charge is -2.29. The van der Waals surface area contributed by atoms with Gasteiger partial charge in [-0.05, 0) is 29.5 Å². The largest absolute Gasteiger partial charge is 0.356 e. The van der Waals surface area contributed by atoms with E-state index in [1.54, 1.807) is 13.1 Å². The van der Waals surface area contributed by atoms with Crippen LogP contribution in [-0.2, 0) is 16.4 Å². The Labute approximate surface area is 184 Å². The Morgan fingerprint density at radius 3 is 2.38 bits per heavy atom. The highest BCUT2D eigenvalue weighted by molar-refractivity contribution is 14.0.